The maximum atomic E-state index is 11.6. The van der Waals surface area contributed by atoms with Crippen LogP contribution in [0.25, 0.3) is 0 Å². The molecule has 0 aliphatic carbocycles. The number of hydrogen-bond acceptors (Lipinski definition) is 1. The second kappa shape index (κ2) is 5.90. The molecule has 0 spiro atoms. The molecule has 0 N–H and O–H groups in total. The summed E-state index contributed by atoms with van der Waals surface area (Å²) in [4.78, 5) is 11.6. The fourth-order valence-corrected chi connectivity index (χ4v) is 2.01. The maximum Gasteiger partial charge on any atom is 0.179 e. The van der Waals surface area contributed by atoms with Crippen LogP contribution < -0.4 is 0 Å². The molecule has 0 bridgehead atoms. The van der Waals surface area contributed by atoms with Crippen LogP contribution in [0, 0.1) is 13.8 Å². The fourth-order valence-electron chi connectivity index (χ4n) is 1.87. The van der Waals surface area contributed by atoms with Crippen molar-refractivity contribution in [2.24, 2.45) is 0 Å². The summed E-state index contributed by atoms with van der Waals surface area (Å²) in [5.74, 6) is 0.0612. The molecule has 0 unspecified atom stereocenters. The van der Waals surface area contributed by atoms with Crippen molar-refractivity contribution < 1.29 is 4.79 Å². The van der Waals surface area contributed by atoms with Gasteiger partial charge in [0.2, 0.25) is 0 Å². The van der Waals surface area contributed by atoms with Crippen LogP contribution in [0.2, 0.25) is 0 Å². The molecule has 88 valence electrons. The smallest absolute Gasteiger partial charge is 0.179 e. The van der Waals surface area contributed by atoms with Gasteiger partial charge in [-0.25, -0.2) is 0 Å². The maximum absolute atomic E-state index is 11.6. The van der Waals surface area contributed by atoms with Crippen molar-refractivity contribution in [2.75, 3.05) is 5.88 Å². The molecule has 0 radical (unpaired) electrons. The van der Waals surface area contributed by atoms with Crippen molar-refractivity contribution in [3.63, 3.8) is 0 Å². The molecule has 1 aromatic rings. The molecular formula is C13H18ClNO. The lowest BCUT2D eigenvalue weighted by Gasteiger charge is -2.07. The number of alkyl halides is 1. The van der Waals surface area contributed by atoms with Crippen molar-refractivity contribution >= 4 is 17.4 Å². The van der Waals surface area contributed by atoms with Gasteiger partial charge in [-0.05, 0) is 33.3 Å². The van der Waals surface area contributed by atoms with Crippen molar-refractivity contribution in [2.45, 2.75) is 33.7 Å². The molecule has 0 amide bonds. The van der Waals surface area contributed by atoms with Crippen molar-refractivity contribution in [1.29, 1.82) is 0 Å². The van der Waals surface area contributed by atoms with Gasteiger partial charge in [0.25, 0.3) is 0 Å². The minimum Gasteiger partial charge on any atom is -0.348 e. The van der Waals surface area contributed by atoms with E-state index in [1.54, 1.807) is 0 Å². The van der Waals surface area contributed by atoms with Gasteiger partial charge in [-0.2, -0.15) is 0 Å². The van der Waals surface area contributed by atoms with E-state index in [4.69, 9.17) is 11.6 Å². The van der Waals surface area contributed by atoms with E-state index in [1.807, 2.05) is 32.9 Å². The molecule has 0 saturated heterocycles. The van der Waals surface area contributed by atoms with Crippen LogP contribution >= 0.6 is 11.6 Å². The lowest BCUT2D eigenvalue weighted by Crippen LogP contribution is -2.05. The molecule has 0 fully saturated rings. The normalized spacial score (nSPS) is 11.2. The predicted molar refractivity (Wildman–Crippen MR) is 68.4 cm³/mol. The minimum absolute atomic E-state index is 0.00653. The first-order valence-corrected chi connectivity index (χ1v) is 6.02. The molecule has 2 nitrogen and oxygen atoms in total. The first-order chi connectivity index (χ1) is 7.61. The second-order valence-electron chi connectivity index (χ2n) is 3.85. The molecule has 0 aliphatic heterocycles. The summed E-state index contributed by atoms with van der Waals surface area (Å²) in [5, 5.41) is 0. The summed E-state index contributed by atoms with van der Waals surface area (Å²) >= 11 is 5.58. The van der Waals surface area contributed by atoms with Gasteiger partial charge >= 0.3 is 0 Å². The highest BCUT2D eigenvalue weighted by Crippen LogP contribution is 2.16. The van der Waals surface area contributed by atoms with E-state index >= 15 is 0 Å². The fraction of sp³-hybridized carbons (Fsp3) is 0.462. The summed E-state index contributed by atoms with van der Waals surface area (Å²) in [5.41, 5.74) is 2.90. The third-order valence-corrected chi connectivity index (χ3v) is 2.99. The third-order valence-electron chi connectivity index (χ3n) is 2.75. The van der Waals surface area contributed by atoms with Crippen LogP contribution in [0.4, 0.5) is 0 Å². The summed E-state index contributed by atoms with van der Waals surface area (Å²) in [7, 11) is 0. The topological polar surface area (TPSA) is 22.0 Å². The highest BCUT2D eigenvalue weighted by molar-refractivity contribution is 6.30. The standard InChI is InChI=1S/C13H18ClNO/c1-4-5-6-7-15-10(2)8-12(11(15)3)13(16)9-14/h4-5,8H,6-7,9H2,1-3H3/b5-4+. The van der Waals surface area contributed by atoms with Gasteiger partial charge in [0.05, 0.1) is 5.88 Å². The quantitative estimate of drug-likeness (QED) is 0.438. The number of hydrogen-bond donors (Lipinski definition) is 0. The highest BCUT2D eigenvalue weighted by Gasteiger charge is 2.13. The van der Waals surface area contributed by atoms with Crippen LogP contribution in [-0.4, -0.2) is 16.2 Å². The van der Waals surface area contributed by atoms with Crippen LogP contribution in [0.3, 0.4) is 0 Å². The van der Waals surface area contributed by atoms with Crippen molar-refractivity contribution in [3.05, 3.63) is 35.2 Å². The Morgan fingerprint density at radius 2 is 2.19 bits per heavy atom. The summed E-state index contributed by atoms with van der Waals surface area (Å²) in [6.07, 6.45) is 5.16. The van der Waals surface area contributed by atoms with E-state index in [9.17, 15) is 4.79 Å². The van der Waals surface area contributed by atoms with Gasteiger partial charge in [0.15, 0.2) is 5.78 Å². The molecule has 0 aliphatic rings. The Kier molecular flexibility index (Phi) is 4.81. The zero-order valence-corrected chi connectivity index (χ0v) is 10.8. The molecule has 1 heterocycles. The Morgan fingerprint density at radius 1 is 1.50 bits per heavy atom. The first kappa shape index (κ1) is 13.0. The molecule has 3 heteroatoms. The van der Waals surface area contributed by atoms with Crippen molar-refractivity contribution in [1.82, 2.24) is 4.57 Å². The molecule has 16 heavy (non-hydrogen) atoms. The average Bonchev–Trinajstić information content (AvgIpc) is 2.56. The van der Waals surface area contributed by atoms with E-state index < -0.39 is 0 Å². The lowest BCUT2D eigenvalue weighted by molar-refractivity contribution is 0.102. The number of aromatic nitrogens is 1. The van der Waals surface area contributed by atoms with Gasteiger partial charge in [-0.1, -0.05) is 12.2 Å². The molecule has 0 aromatic carbocycles. The second-order valence-corrected chi connectivity index (χ2v) is 4.12. The van der Waals surface area contributed by atoms with Gasteiger partial charge in [-0.15, -0.1) is 11.6 Å². The third kappa shape index (κ3) is 2.76. The zero-order chi connectivity index (χ0) is 12.1. The zero-order valence-electron chi connectivity index (χ0n) is 10.1. The number of carbonyl (C=O) groups excluding carboxylic acids is 1. The number of carbonyl (C=O) groups is 1. The van der Waals surface area contributed by atoms with Gasteiger partial charge < -0.3 is 4.57 Å². The van der Waals surface area contributed by atoms with Crippen molar-refractivity contribution in [3.8, 4) is 0 Å². The number of nitrogens with zero attached hydrogens (tertiary/aromatic N) is 1. The SMILES string of the molecule is C/C=C/CCn1c(C)cc(C(=O)CCl)c1C. The Balaban J connectivity index is 2.93. The summed E-state index contributed by atoms with van der Waals surface area (Å²) in [6.45, 7) is 6.92. The minimum atomic E-state index is 0.00653. The van der Waals surface area contributed by atoms with Gasteiger partial charge in [0.1, 0.15) is 0 Å². The Hall–Kier alpha value is -1.02. The van der Waals surface area contributed by atoms with Crippen LogP contribution in [0.1, 0.15) is 35.1 Å². The summed E-state index contributed by atoms with van der Waals surface area (Å²) < 4.78 is 2.17. The molecule has 1 aromatic heterocycles. The average molecular weight is 240 g/mol. The number of aryl methyl sites for hydroxylation is 1. The van der Waals surface area contributed by atoms with Crippen LogP contribution in [0.15, 0.2) is 18.2 Å². The Morgan fingerprint density at radius 3 is 2.75 bits per heavy atom. The number of rotatable bonds is 5. The molecule has 0 atom stereocenters. The van der Waals surface area contributed by atoms with Gasteiger partial charge in [0, 0.05) is 23.5 Å². The van der Waals surface area contributed by atoms with E-state index in [0.29, 0.717) is 0 Å². The predicted octanol–water partition coefficient (Wildman–Crippen LogP) is 3.49. The molecule has 1 rings (SSSR count). The number of Topliss-reactive ketones (excluding diaryl/α,β-unsaturated/α-hetero) is 1. The van der Waals surface area contributed by atoms with Crippen LogP contribution in [0.5, 0.6) is 0 Å². The first-order valence-electron chi connectivity index (χ1n) is 5.48. The Bertz CT molecular complexity index is 404. The lowest BCUT2D eigenvalue weighted by atomic mass is 10.2. The molecule has 0 saturated carbocycles. The Labute approximate surface area is 102 Å². The number of halogens is 1. The highest BCUT2D eigenvalue weighted by atomic mass is 35.5. The number of ketones is 1. The molecular weight excluding hydrogens is 222 g/mol. The van der Waals surface area contributed by atoms with Crippen LogP contribution in [-0.2, 0) is 6.54 Å². The van der Waals surface area contributed by atoms with E-state index in [0.717, 1.165) is 29.9 Å². The van der Waals surface area contributed by atoms with E-state index in [-0.39, 0.29) is 11.7 Å². The van der Waals surface area contributed by atoms with Gasteiger partial charge in [-0.3, -0.25) is 4.79 Å². The van der Waals surface area contributed by atoms with E-state index in [2.05, 4.69) is 10.6 Å². The summed E-state index contributed by atoms with van der Waals surface area (Å²) in [6, 6.07) is 1.93. The largest absolute Gasteiger partial charge is 0.348 e. The number of allylic oxidation sites excluding steroid dienone is 2. The van der Waals surface area contributed by atoms with E-state index in [1.165, 1.54) is 0 Å². The monoisotopic (exact) mass is 239 g/mol.